The lowest BCUT2D eigenvalue weighted by molar-refractivity contribution is -0.148. The van der Waals surface area contributed by atoms with Crippen LogP contribution in [0.25, 0.3) is 5.69 Å². The van der Waals surface area contributed by atoms with Gasteiger partial charge in [-0.05, 0) is 31.0 Å². The Kier molecular flexibility index (Phi) is 5.54. The van der Waals surface area contributed by atoms with E-state index in [1.165, 1.54) is 32.5 Å². The molecule has 1 aliphatic rings. The van der Waals surface area contributed by atoms with Crippen molar-refractivity contribution in [2.45, 2.75) is 37.4 Å². The monoisotopic (exact) mass is 411 g/mol. The first-order valence-electron chi connectivity index (χ1n) is 8.92. The first-order valence-corrected chi connectivity index (χ1v) is 8.92. The van der Waals surface area contributed by atoms with E-state index in [0.29, 0.717) is 12.8 Å². The van der Waals surface area contributed by atoms with Crippen molar-refractivity contribution in [2.24, 2.45) is 0 Å². The van der Waals surface area contributed by atoms with Crippen molar-refractivity contribution in [2.75, 3.05) is 14.2 Å². The van der Waals surface area contributed by atoms with Crippen LogP contribution in [0.2, 0.25) is 0 Å². The van der Waals surface area contributed by atoms with Gasteiger partial charge in [0.25, 0.3) is 5.91 Å². The molecule has 2 aromatic rings. The van der Waals surface area contributed by atoms with Crippen LogP contribution in [-0.4, -0.2) is 41.4 Å². The topological polar surface area (TPSA) is 82.5 Å². The molecule has 1 fully saturated rings. The number of benzene rings is 1. The first-order chi connectivity index (χ1) is 13.7. The van der Waals surface area contributed by atoms with Gasteiger partial charge in [-0.25, -0.2) is 9.48 Å². The fourth-order valence-corrected chi connectivity index (χ4v) is 3.45. The average molecular weight is 411 g/mol. The molecule has 0 atom stereocenters. The molecule has 1 aromatic heterocycles. The highest BCUT2D eigenvalue weighted by Crippen LogP contribution is 2.33. The number of hydrogen-bond donors (Lipinski definition) is 1. The van der Waals surface area contributed by atoms with Crippen LogP contribution in [-0.2, 0) is 15.7 Å². The molecule has 7 nitrogen and oxygen atoms in total. The van der Waals surface area contributed by atoms with Gasteiger partial charge in [0, 0.05) is 0 Å². The Balaban J connectivity index is 1.92. The van der Waals surface area contributed by atoms with E-state index >= 15 is 0 Å². The number of amides is 1. The van der Waals surface area contributed by atoms with E-state index in [-0.39, 0.29) is 17.1 Å². The van der Waals surface area contributed by atoms with E-state index in [1.54, 1.807) is 0 Å². The molecule has 0 radical (unpaired) electrons. The number of nitrogens with zero attached hydrogens (tertiary/aromatic N) is 2. The molecule has 29 heavy (non-hydrogen) atoms. The smallest absolute Gasteiger partial charge is 0.416 e. The fourth-order valence-electron chi connectivity index (χ4n) is 3.45. The van der Waals surface area contributed by atoms with Crippen molar-refractivity contribution < 1.29 is 32.2 Å². The van der Waals surface area contributed by atoms with E-state index in [1.807, 2.05) is 0 Å². The minimum Gasteiger partial charge on any atom is -0.493 e. The Labute approximate surface area is 164 Å². The summed E-state index contributed by atoms with van der Waals surface area (Å²) in [4.78, 5) is 25.0. The number of carbonyl (C=O) groups is 2. The Morgan fingerprint density at radius 2 is 1.90 bits per heavy atom. The molecule has 1 heterocycles. The minimum atomic E-state index is -4.51. The Hall–Kier alpha value is -3.04. The third-order valence-electron chi connectivity index (χ3n) is 4.94. The van der Waals surface area contributed by atoms with Crippen LogP contribution in [0.4, 0.5) is 13.2 Å². The number of alkyl halides is 3. The van der Waals surface area contributed by atoms with Crippen LogP contribution < -0.4 is 10.1 Å². The summed E-state index contributed by atoms with van der Waals surface area (Å²) in [6, 6.07) is 4.53. The lowest BCUT2D eigenvalue weighted by Crippen LogP contribution is -2.53. The zero-order valence-electron chi connectivity index (χ0n) is 15.9. The molecule has 1 aromatic carbocycles. The SMILES string of the molecule is COC(=O)C1(NC(=O)c2nn(-c3cccc(C(F)(F)F)c3)cc2OC)CCCC1. The van der Waals surface area contributed by atoms with E-state index in [2.05, 4.69) is 10.4 Å². The molecule has 0 saturated heterocycles. The third-order valence-corrected chi connectivity index (χ3v) is 4.94. The summed E-state index contributed by atoms with van der Waals surface area (Å²) in [5, 5.41) is 6.78. The maximum Gasteiger partial charge on any atom is 0.416 e. The van der Waals surface area contributed by atoms with Crippen LogP contribution >= 0.6 is 0 Å². The summed E-state index contributed by atoms with van der Waals surface area (Å²) < 4.78 is 50.1. The number of rotatable bonds is 5. The van der Waals surface area contributed by atoms with Gasteiger partial charge in [0.2, 0.25) is 0 Å². The fraction of sp³-hybridized carbons (Fsp3) is 0.421. The Morgan fingerprint density at radius 3 is 2.48 bits per heavy atom. The predicted molar refractivity (Wildman–Crippen MR) is 95.8 cm³/mol. The first kappa shape index (κ1) is 20.7. The molecule has 10 heteroatoms. The molecule has 1 aliphatic carbocycles. The molecule has 1 amide bonds. The highest BCUT2D eigenvalue weighted by atomic mass is 19.4. The van der Waals surface area contributed by atoms with E-state index < -0.39 is 29.2 Å². The summed E-state index contributed by atoms with van der Waals surface area (Å²) in [6.45, 7) is 0. The summed E-state index contributed by atoms with van der Waals surface area (Å²) >= 11 is 0. The lowest BCUT2D eigenvalue weighted by Gasteiger charge is -2.26. The molecule has 1 N–H and O–H groups in total. The Morgan fingerprint density at radius 1 is 1.21 bits per heavy atom. The van der Waals surface area contributed by atoms with Crippen molar-refractivity contribution in [3.63, 3.8) is 0 Å². The average Bonchev–Trinajstić information content (AvgIpc) is 3.34. The molecule has 156 valence electrons. The maximum absolute atomic E-state index is 13.0. The predicted octanol–water partition coefficient (Wildman–Crippen LogP) is 3.12. The van der Waals surface area contributed by atoms with E-state index in [0.717, 1.165) is 29.7 Å². The molecule has 0 aliphatic heterocycles. The lowest BCUT2D eigenvalue weighted by atomic mass is 9.97. The third kappa shape index (κ3) is 4.06. The second-order valence-corrected chi connectivity index (χ2v) is 6.77. The quantitative estimate of drug-likeness (QED) is 0.765. The summed E-state index contributed by atoms with van der Waals surface area (Å²) in [7, 11) is 2.56. The van der Waals surface area contributed by atoms with E-state index in [9.17, 15) is 22.8 Å². The van der Waals surface area contributed by atoms with E-state index in [4.69, 9.17) is 9.47 Å². The highest BCUT2D eigenvalue weighted by Gasteiger charge is 2.44. The summed E-state index contributed by atoms with van der Waals surface area (Å²) in [5.41, 5.74) is -2.01. The Bertz CT molecular complexity index is 918. The van der Waals surface area contributed by atoms with Gasteiger partial charge in [-0.15, -0.1) is 0 Å². The standard InChI is InChI=1S/C19H20F3N3O4/c1-28-14-11-25(13-7-5-6-12(10-13)19(20,21)22)24-15(14)16(26)23-18(17(27)29-2)8-3-4-9-18/h5-7,10-11H,3-4,8-9H2,1-2H3,(H,23,26). The number of carbonyl (C=O) groups excluding carboxylic acids is 2. The van der Waals surface area contributed by atoms with Crippen LogP contribution in [0.5, 0.6) is 5.75 Å². The summed E-state index contributed by atoms with van der Waals surface area (Å²) in [5.74, 6) is -1.14. The van der Waals surface area contributed by atoms with Crippen LogP contribution in [0.1, 0.15) is 41.7 Å². The molecular weight excluding hydrogens is 391 g/mol. The largest absolute Gasteiger partial charge is 0.493 e. The van der Waals surface area contributed by atoms with Gasteiger partial charge in [-0.1, -0.05) is 18.9 Å². The van der Waals surface area contributed by atoms with Gasteiger partial charge in [-0.2, -0.15) is 18.3 Å². The van der Waals surface area contributed by atoms with Gasteiger partial charge in [0.1, 0.15) is 5.54 Å². The van der Waals surface area contributed by atoms with Gasteiger partial charge >= 0.3 is 12.1 Å². The normalized spacial score (nSPS) is 15.8. The number of ether oxygens (including phenoxy) is 2. The van der Waals surface area contributed by atoms with Crippen molar-refractivity contribution in [3.8, 4) is 11.4 Å². The van der Waals surface area contributed by atoms with Crippen LogP contribution in [0.15, 0.2) is 30.5 Å². The van der Waals surface area contributed by atoms with Crippen LogP contribution in [0, 0.1) is 0 Å². The van der Waals surface area contributed by atoms with Gasteiger partial charge in [0.15, 0.2) is 11.4 Å². The van der Waals surface area contributed by atoms with Crippen molar-refractivity contribution in [1.29, 1.82) is 0 Å². The number of nitrogens with one attached hydrogen (secondary N) is 1. The number of methoxy groups -OCH3 is 2. The number of halogens is 3. The molecule has 0 spiro atoms. The van der Waals surface area contributed by atoms with Gasteiger partial charge < -0.3 is 14.8 Å². The summed E-state index contributed by atoms with van der Waals surface area (Å²) in [6.07, 6.45) is -0.826. The molecule has 3 rings (SSSR count). The van der Waals surface area contributed by atoms with Gasteiger partial charge in [0.05, 0.1) is 31.7 Å². The molecule has 1 saturated carbocycles. The van der Waals surface area contributed by atoms with Gasteiger partial charge in [-0.3, -0.25) is 4.79 Å². The molecule has 0 bridgehead atoms. The zero-order chi connectivity index (χ0) is 21.2. The number of aromatic nitrogens is 2. The molecule has 0 unspecified atom stereocenters. The molecular formula is C19H20F3N3O4. The van der Waals surface area contributed by atoms with Crippen molar-refractivity contribution in [1.82, 2.24) is 15.1 Å². The minimum absolute atomic E-state index is 0.0675. The van der Waals surface area contributed by atoms with Crippen LogP contribution in [0.3, 0.4) is 0 Å². The number of esters is 1. The second kappa shape index (κ2) is 7.76. The van der Waals surface area contributed by atoms with Crippen molar-refractivity contribution in [3.05, 3.63) is 41.7 Å². The second-order valence-electron chi connectivity index (χ2n) is 6.77. The highest BCUT2D eigenvalue weighted by molar-refractivity contribution is 5.98. The number of hydrogen-bond acceptors (Lipinski definition) is 5. The zero-order valence-corrected chi connectivity index (χ0v) is 15.9. The maximum atomic E-state index is 13.0. The van der Waals surface area contributed by atoms with Crippen molar-refractivity contribution >= 4 is 11.9 Å².